The SMILES string of the molecule is CC(=O)Nc1ccc(SCC(=O)N[C@H]2CCSc3ccccc32)cc1. The molecular formula is C19H20N2O2S2. The van der Waals surface area contributed by atoms with Gasteiger partial charge in [-0.1, -0.05) is 18.2 Å². The number of anilines is 1. The van der Waals surface area contributed by atoms with Gasteiger partial charge in [-0.25, -0.2) is 0 Å². The number of fused-ring (bicyclic) bond motifs is 1. The first kappa shape index (κ1) is 17.9. The molecule has 0 spiro atoms. The zero-order valence-corrected chi connectivity index (χ0v) is 15.6. The van der Waals surface area contributed by atoms with E-state index >= 15 is 0 Å². The molecule has 0 fully saturated rings. The number of amides is 2. The molecule has 2 N–H and O–H groups in total. The summed E-state index contributed by atoms with van der Waals surface area (Å²) >= 11 is 3.34. The van der Waals surface area contributed by atoms with Crippen molar-refractivity contribution in [1.82, 2.24) is 5.32 Å². The fourth-order valence-corrected chi connectivity index (χ4v) is 4.55. The van der Waals surface area contributed by atoms with Crippen LogP contribution in [0.4, 0.5) is 5.69 Å². The van der Waals surface area contributed by atoms with Crippen LogP contribution in [0.15, 0.2) is 58.3 Å². The van der Waals surface area contributed by atoms with Crippen LogP contribution in [0.2, 0.25) is 0 Å². The van der Waals surface area contributed by atoms with Crippen LogP contribution in [0, 0.1) is 0 Å². The Kier molecular flexibility index (Phi) is 6.04. The Morgan fingerprint density at radius 3 is 2.68 bits per heavy atom. The molecule has 0 aromatic heterocycles. The van der Waals surface area contributed by atoms with Gasteiger partial charge >= 0.3 is 0 Å². The number of rotatable bonds is 5. The summed E-state index contributed by atoms with van der Waals surface area (Å²) < 4.78 is 0. The lowest BCUT2D eigenvalue weighted by molar-refractivity contribution is -0.119. The molecule has 2 aromatic carbocycles. The maximum atomic E-state index is 12.3. The molecule has 0 radical (unpaired) electrons. The van der Waals surface area contributed by atoms with Crippen LogP contribution in [0.5, 0.6) is 0 Å². The number of carbonyl (C=O) groups is 2. The van der Waals surface area contributed by atoms with Crippen LogP contribution in [0.3, 0.4) is 0 Å². The van der Waals surface area contributed by atoms with E-state index in [1.165, 1.54) is 29.1 Å². The van der Waals surface area contributed by atoms with Gasteiger partial charge < -0.3 is 10.6 Å². The van der Waals surface area contributed by atoms with Crippen molar-refractivity contribution in [3.05, 3.63) is 54.1 Å². The van der Waals surface area contributed by atoms with Gasteiger partial charge in [-0.05, 0) is 42.3 Å². The smallest absolute Gasteiger partial charge is 0.230 e. The van der Waals surface area contributed by atoms with E-state index in [0.29, 0.717) is 5.75 Å². The Bertz CT molecular complexity index is 762. The average molecular weight is 373 g/mol. The van der Waals surface area contributed by atoms with Gasteiger partial charge in [-0.3, -0.25) is 9.59 Å². The Hall–Kier alpha value is -1.92. The third kappa shape index (κ3) is 5.03. The largest absolute Gasteiger partial charge is 0.349 e. The minimum absolute atomic E-state index is 0.0441. The molecule has 25 heavy (non-hydrogen) atoms. The average Bonchev–Trinajstić information content (AvgIpc) is 2.61. The predicted octanol–water partition coefficient (Wildman–Crippen LogP) is 4.09. The highest BCUT2D eigenvalue weighted by Crippen LogP contribution is 2.35. The third-order valence-corrected chi connectivity index (χ3v) is 5.97. The molecule has 0 unspecified atom stereocenters. The summed E-state index contributed by atoms with van der Waals surface area (Å²) in [5.74, 6) is 1.36. The van der Waals surface area contributed by atoms with Gasteiger partial charge in [0.05, 0.1) is 11.8 Å². The summed E-state index contributed by atoms with van der Waals surface area (Å²) in [4.78, 5) is 25.6. The van der Waals surface area contributed by atoms with E-state index in [-0.39, 0.29) is 17.9 Å². The standard InChI is InChI=1S/C19H20N2O2S2/c1-13(22)20-14-6-8-15(9-7-14)25-12-19(23)21-17-10-11-24-18-5-3-2-4-16(17)18/h2-9,17H,10-12H2,1H3,(H,20,22)(H,21,23)/t17-/m0/s1. The first-order valence-corrected chi connectivity index (χ1v) is 10.1. The molecule has 0 saturated heterocycles. The number of carbonyl (C=O) groups excluding carboxylic acids is 2. The van der Waals surface area contributed by atoms with Gasteiger partial charge in [0, 0.05) is 28.2 Å². The van der Waals surface area contributed by atoms with E-state index in [0.717, 1.165) is 22.8 Å². The van der Waals surface area contributed by atoms with E-state index < -0.39 is 0 Å². The summed E-state index contributed by atoms with van der Waals surface area (Å²) in [6.07, 6.45) is 0.962. The van der Waals surface area contributed by atoms with Crippen LogP contribution in [-0.4, -0.2) is 23.3 Å². The fourth-order valence-electron chi connectivity index (χ4n) is 2.71. The topological polar surface area (TPSA) is 58.2 Å². The normalized spacial score (nSPS) is 16.0. The molecule has 0 saturated carbocycles. The fraction of sp³-hybridized carbons (Fsp3) is 0.263. The Morgan fingerprint density at radius 1 is 1.16 bits per heavy atom. The minimum atomic E-state index is -0.0919. The highest BCUT2D eigenvalue weighted by molar-refractivity contribution is 8.00. The number of benzene rings is 2. The molecule has 6 heteroatoms. The zero-order valence-electron chi connectivity index (χ0n) is 14.0. The molecule has 1 atom stereocenters. The van der Waals surface area contributed by atoms with Crippen LogP contribution < -0.4 is 10.6 Å². The lowest BCUT2D eigenvalue weighted by Gasteiger charge is -2.25. The second-order valence-corrected chi connectivity index (χ2v) is 7.97. The molecule has 3 rings (SSSR count). The molecule has 1 aliphatic rings. The van der Waals surface area contributed by atoms with Crippen molar-refractivity contribution in [3.8, 4) is 0 Å². The molecule has 0 aliphatic carbocycles. The van der Waals surface area contributed by atoms with E-state index in [1.54, 1.807) is 0 Å². The predicted molar refractivity (Wildman–Crippen MR) is 104 cm³/mol. The first-order valence-electron chi connectivity index (χ1n) is 8.13. The van der Waals surface area contributed by atoms with E-state index in [9.17, 15) is 9.59 Å². The molecule has 0 bridgehead atoms. The number of nitrogens with one attached hydrogen (secondary N) is 2. The number of hydrogen-bond donors (Lipinski definition) is 2. The van der Waals surface area contributed by atoms with Crippen LogP contribution >= 0.6 is 23.5 Å². The summed E-state index contributed by atoms with van der Waals surface area (Å²) in [6, 6.07) is 15.9. The van der Waals surface area contributed by atoms with Crippen LogP contribution in [0.1, 0.15) is 24.9 Å². The van der Waals surface area contributed by atoms with E-state index in [2.05, 4.69) is 22.8 Å². The molecule has 4 nitrogen and oxygen atoms in total. The molecule has 2 amide bonds. The lowest BCUT2D eigenvalue weighted by Crippen LogP contribution is -2.31. The number of hydrogen-bond acceptors (Lipinski definition) is 4. The Labute approximate surface area is 156 Å². The highest BCUT2D eigenvalue weighted by Gasteiger charge is 2.21. The van der Waals surface area contributed by atoms with E-state index in [1.807, 2.05) is 48.2 Å². The second-order valence-electron chi connectivity index (χ2n) is 5.79. The number of thioether (sulfide) groups is 2. The Morgan fingerprint density at radius 2 is 1.92 bits per heavy atom. The van der Waals surface area contributed by atoms with Gasteiger partial charge in [0.25, 0.3) is 0 Å². The van der Waals surface area contributed by atoms with Crippen molar-refractivity contribution >= 4 is 41.0 Å². The minimum Gasteiger partial charge on any atom is -0.349 e. The zero-order chi connectivity index (χ0) is 17.6. The monoisotopic (exact) mass is 372 g/mol. The Balaban J connectivity index is 1.53. The van der Waals surface area contributed by atoms with Gasteiger partial charge in [0.15, 0.2) is 0 Å². The van der Waals surface area contributed by atoms with Gasteiger partial charge in [0.1, 0.15) is 0 Å². The molecule has 2 aromatic rings. The van der Waals surface area contributed by atoms with Crippen LogP contribution in [0.25, 0.3) is 0 Å². The maximum absolute atomic E-state index is 12.3. The summed E-state index contributed by atoms with van der Waals surface area (Å²) in [5, 5.41) is 5.88. The molecule has 1 aliphatic heterocycles. The van der Waals surface area contributed by atoms with E-state index in [4.69, 9.17) is 0 Å². The molecule has 130 valence electrons. The van der Waals surface area contributed by atoms with Crippen molar-refractivity contribution in [3.63, 3.8) is 0 Å². The van der Waals surface area contributed by atoms with Crippen molar-refractivity contribution in [2.75, 3.05) is 16.8 Å². The summed E-state index contributed by atoms with van der Waals surface area (Å²) in [5.41, 5.74) is 1.98. The lowest BCUT2D eigenvalue weighted by atomic mass is 10.0. The first-order chi connectivity index (χ1) is 12.1. The van der Waals surface area contributed by atoms with Crippen molar-refractivity contribution in [1.29, 1.82) is 0 Å². The maximum Gasteiger partial charge on any atom is 0.230 e. The van der Waals surface area contributed by atoms with Crippen LogP contribution in [-0.2, 0) is 9.59 Å². The third-order valence-electron chi connectivity index (χ3n) is 3.84. The van der Waals surface area contributed by atoms with Crippen molar-refractivity contribution in [2.45, 2.75) is 29.2 Å². The summed E-state index contributed by atoms with van der Waals surface area (Å²) in [6.45, 7) is 1.48. The van der Waals surface area contributed by atoms with Crippen molar-refractivity contribution in [2.24, 2.45) is 0 Å². The van der Waals surface area contributed by atoms with Gasteiger partial charge in [0.2, 0.25) is 11.8 Å². The second kappa shape index (κ2) is 8.45. The highest BCUT2D eigenvalue weighted by atomic mass is 32.2. The quantitative estimate of drug-likeness (QED) is 0.776. The van der Waals surface area contributed by atoms with Gasteiger partial charge in [-0.15, -0.1) is 23.5 Å². The van der Waals surface area contributed by atoms with Crippen molar-refractivity contribution < 1.29 is 9.59 Å². The molecular weight excluding hydrogens is 352 g/mol. The summed E-state index contributed by atoms with van der Waals surface area (Å²) in [7, 11) is 0. The van der Waals surface area contributed by atoms with Gasteiger partial charge in [-0.2, -0.15) is 0 Å². The molecule has 1 heterocycles.